The van der Waals surface area contributed by atoms with Crippen LogP contribution in [0.5, 0.6) is 0 Å². The average molecular weight is 749 g/mol. The van der Waals surface area contributed by atoms with Gasteiger partial charge in [-0.25, -0.2) is 9.97 Å². The van der Waals surface area contributed by atoms with Crippen molar-refractivity contribution < 1.29 is 0 Å². The van der Waals surface area contributed by atoms with Crippen LogP contribution in [0.2, 0.25) is 0 Å². The van der Waals surface area contributed by atoms with Crippen molar-refractivity contribution in [1.82, 2.24) is 9.97 Å². The molecular formula is C52H32N2S2. The lowest BCUT2D eigenvalue weighted by Gasteiger charge is -2.15. The van der Waals surface area contributed by atoms with Crippen molar-refractivity contribution >= 4 is 63.0 Å². The largest absolute Gasteiger partial charge is 0.228 e. The summed E-state index contributed by atoms with van der Waals surface area (Å²) in [7, 11) is 0. The molecule has 262 valence electrons. The van der Waals surface area contributed by atoms with Crippen LogP contribution in [0.4, 0.5) is 0 Å². The second-order valence-electron chi connectivity index (χ2n) is 14.1. The van der Waals surface area contributed by atoms with E-state index in [1.165, 1.54) is 68.2 Å². The third-order valence-electron chi connectivity index (χ3n) is 10.8. The first-order valence-corrected chi connectivity index (χ1v) is 20.4. The molecule has 11 aromatic rings. The minimum Gasteiger partial charge on any atom is -0.228 e. The Morgan fingerprint density at radius 2 is 0.750 bits per heavy atom. The van der Waals surface area contributed by atoms with E-state index in [4.69, 9.17) is 9.97 Å². The van der Waals surface area contributed by atoms with Crippen LogP contribution < -0.4 is 0 Å². The summed E-state index contributed by atoms with van der Waals surface area (Å²) in [5.74, 6) is 0.702. The van der Waals surface area contributed by atoms with Crippen LogP contribution in [-0.4, -0.2) is 9.97 Å². The molecule has 0 saturated carbocycles. The van der Waals surface area contributed by atoms with Crippen molar-refractivity contribution in [2.75, 3.05) is 0 Å². The molecule has 0 aliphatic carbocycles. The molecule has 2 nitrogen and oxygen atoms in total. The lowest BCUT2D eigenvalue weighted by atomic mass is 9.92. The minimum atomic E-state index is 0.702. The van der Waals surface area contributed by atoms with Gasteiger partial charge in [-0.2, -0.15) is 0 Å². The molecule has 0 aliphatic rings. The van der Waals surface area contributed by atoms with E-state index in [0.717, 1.165) is 33.6 Å². The Morgan fingerprint density at radius 3 is 1.39 bits per heavy atom. The van der Waals surface area contributed by atoms with Crippen molar-refractivity contribution in [3.8, 4) is 67.3 Å². The predicted octanol–water partition coefficient (Wildman–Crippen LogP) is 15.2. The summed E-state index contributed by atoms with van der Waals surface area (Å²) < 4.78 is 5.16. The van der Waals surface area contributed by atoms with Crippen molar-refractivity contribution in [2.45, 2.75) is 0 Å². The molecule has 0 aliphatic heterocycles. The Labute approximate surface area is 332 Å². The van der Waals surface area contributed by atoms with Gasteiger partial charge >= 0.3 is 0 Å². The van der Waals surface area contributed by atoms with Crippen LogP contribution in [0.1, 0.15) is 0 Å². The van der Waals surface area contributed by atoms with Gasteiger partial charge in [-0.05, 0) is 58.1 Å². The van der Waals surface area contributed by atoms with Crippen molar-refractivity contribution in [1.29, 1.82) is 0 Å². The maximum Gasteiger partial charge on any atom is 0.161 e. The molecule has 11 rings (SSSR count). The molecule has 8 aromatic carbocycles. The van der Waals surface area contributed by atoms with E-state index in [9.17, 15) is 0 Å². The summed E-state index contributed by atoms with van der Waals surface area (Å²) in [6.45, 7) is 0. The summed E-state index contributed by atoms with van der Waals surface area (Å²) in [6, 6.07) is 69.6. The molecule has 3 heterocycles. The Balaban J connectivity index is 1.15. The summed E-state index contributed by atoms with van der Waals surface area (Å²) in [6.07, 6.45) is 0. The second-order valence-corrected chi connectivity index (χ2v) is 16.2. The van der Waals surface area contributed by atoms with Crippen LogP contribution in [0.3, 0.4) is 0 Å². The van der Waals surface area contributed by atoms with Crippen molar-refractivity contribution in [2.24, 2.45) is 0 Å². The maximum absolute atomic E-state index is 5.39. The van der Waals surface area contributed by atoms with Gasteiger partial charge in [0.1, 0.15) is 0 Å². The summed E-state index contributed by atoms with van der Waals surface area (Å²) in [4.78, 5) is 10.7. The van der Waals surface area contributed by atoms with Gasteiger partial charge in [-0.15, -0.1) is 22.7 Å². The van der Waals surface area contributed by atoms with Crippen LogP contribution >= 0.6 is 22.7 Å². The normalized spacial score (nSPS) is 11.6. The van der Waals surface area contributed by atoms with Gasteiger partial charge in [0.15, 0.2) is 5.82 Å². The fourth-order valence-corrected chi connectivity index (χ4v) is 10.5. The standard InChI is InChI=1S/C52H32N2S2/c1-3-13-33(14-4-1)34-25-27-36(28-26-34)47-32-46(35-15-5-2-6-16-35)53-52(54-47)44-30-29-37(38-19-11-20-41-39-17-7-9-23-48(39)55-50(38)41)31-45(44)43-22-12-21-42-40-18-8-10-24-49(40)56-51(42)43/h1-32H. The first kappa shape index (κ1) is 32.7. The Hall–Kier alpha value is -6.72. The SMILES string of the molecule is c1ccc(-c2ccc(-c3cc(-c4ccccc4)nc(-c4ccc(-c5cccc6c5sc5ccccc56)cc4-c4cccc5c4sc4ccccc45)n3)cc2)cc1. The van der Waals surface area contributed by atoms with Gasteiger partial charge in [0.25, 0.3) is 0 Å². The predicted molar refractivity (Wildman–Crippen MR) is 240 cm³/mol. The lowest BCUT2D eigenvalue weighted by molar-refractivity contribution is 1.18. The third kappa shape index (κ3) is 5.62. The molecular weight excluding hydrogens is 717 g/mol. The fraction of sp³-hybridized carbons (Fsp3) is 0. The monoisotopic (exact) mass is 748 g/mol. The van der Waals surface area contributed by atoms with Gasteiger partial charge < -0.3 is 0 Å². The van der Waals surface area contributed by atoms with Crippen LogP contribution in [-0.2, 0) is 0 Å². The topological polar surface area (TPSA) is 25.8 Å². The molecule has 4 heteroatoms. The number of rotatable bonds is 6. The number of aromatic nitrogens is 2. The molecule has 0 amide bonds. The van der Waals surface area contributed by atoms with E-state index >= 15 is 0 Å². The van der Waals surface area contributed by atoms with E-state index < -0.39 is 0 Å². The minimum absolute atomic E-state index is 0.702. The zero-order valence-corrected chi connectivity index (χ0v) is 31.8. The highest BCUT2D eigenvalue weighted by atomic mass is 32.1. The maximum atomic E-state index is 5.39. The van der Waals surface area contributed by atoms with Crippen LogP contribution in [0.15, 0.2) is 194 Å². The van der Waals surface area contributed by atoms with Gasteiger partial charge in [0.05, 0.1) is 11.4 Å². The van der Waals surface area contributed by atoms with E-state index in [1.807, 2.05) is 22.7 Å². The average Bonchev–Trinajstić information content (AvgIpc) is 3.86. The van der Waals surface area contributed by atoms with E-state index in [-0.39, 0.29) is 0 Å². The molecule has 0 unspecified atom stereocenters. The van der Waals surface area contributed by atoms with Crippen molar-refractivity contribution in [3.63, 3.8) is 0 Å². The Kier molecular flexibility index (Phi) is 7.90. The number of hydrogen-bond acceptors (Lipinski definition) is 4. The number of hydrogen-bond donors (Lipinski definition) is 0. The summed E-state index contributed by atoms with van der Waals surface area (Å²) in [5.41, 5.74) is 12.0. The smallest absolute Gasteiger partial charge is 0.161 e. The number of thiophene rings is 2. The van der Waals surface area contributed by atoms with Gasteiger partial charge in [-0.1, -0.05) is 164 Å². The third-order valence-corrected chi connectivity index (χ3v) is 13.2. The summed E-state index contributed by atoms with van der Waals surface area (Å²) >= 11 is 3.72. The zero-order chi connectivity index (χ0) is 37.0. The number of fused-ring (bicyclic) bond motifs is 6. The summed E-state index contributed by atoms with van der Waals surface area (Å²) in [5, 5.41) is 5.15. The quantitative estimate of drug-likeness (QED) is 0.169. The van der Waals surface area contributed by atoms with Crippen LogP contribution in [0, 0.1) is 0 Å². The van der Waals surface area contributed by atoms with Crippen LogP contribution in [0.25, 0.3) is 108 Å². The molecule has 0 bridgehead atoms. The fourth-order valence-electron chi connectivity index (χ4n) is 8.00. The first-order chi connectivity index (χ1) is 27.7. The highest BCUT2D eigenvalue weighted by molar-refractivity contribution is 7.26. The Morgan fingerprint density at radius 1 is 0.286 bits per heavy atom. The van der Waals surface area contributed by atoms with Gasteiger partial charge in [0, 0.05) is 62.6 Å². The molecule has 0 atom stereocenters. The molecule has 0 saturated heterocycles. The molecule has 0 radical (unpaired) electrons. The Bertz CT molecular complexity index is 3230. The highest BCUT2D eigenvalue weighted by Crippen LogP contribution is 2.46. The molecule has 0 N–H and O–H groups in total. The number of nitrogens with zero attached hydrogens (tertiary/aromatic N) is 2. The molecule has 56 heavy (non-hydrogen) atoms. The second kappa shape index (κ2) is 13.5. The van der Waals surface area contributed by atoms with Gasteiger partial charge in [-0.3, -0.25) is 0 Å². The zero-order valence-electron chi connectivity index (χ0n) is 30.2. The van der Waals surface area contributed by atoms with E-state index in [0.29, 0.717) is 5.82 Å². The molecule has 0 spiro atoms. The lowest BCUT2D eigenvalue weighted by Crippen LogP contribution is -1.98. The first-order valence-electron chi connectivity index (χ1n) is 18.8. The molecule has 3 aromatic heterocycles. The van der Waals surface area contributed by atoms with E-state index in [1.54, 1.807) is 0 Å². The van der Waals surface area contributed by atoms with Gasteiger partial charge in [0.2, 0.25) is 0 Å². The highest BCUT2D eigenvalue weighted by Gasteiger charge is 2.20. The molecule has 0 fully saturated rings. The van der Waals surface area contributed by atoms with Crippen molar-refractivity contribution in [3.05, 3.63) is 194 Å². The van der Waals surface area contributed by atoms with E-state index in [2.05, 4.69) is 194 Å². The number of benzene rings is 8.